The van der Waals surface area contributed by atoms with E-state index in [4.69, 9.17) is 5.26 Å². The Kier molecular flexibility index (Phi) is 2.94. The Hall–Kier alpha value is -3.06. The van der Waals surface area contributed by atoms with Crippen LogP contribution in [0.1, 0.15) is 15.9 Å². The van der Waals surface area contributed by atoms with Crippen LogP contribution in [0.25, 0.3) is 10.9 Å². The molecule has 0 radical (unpaired) electrons. The van der Waals surface area contributed by atoms with Crippen molar-refractivity contribution in [1.29, 1.82) is 5.26 Å². The van der Waals surface area contributed by atoms with E-state index in [2.05, 4.69) is 10.3 Å². The molecular formula is C16H11N3O. The van der Waals surface area contributed by atoms with E-state index < -0.39 is 0 Å². The van der Waals surface area contributed by atoms with Gasteiger partial charge in [0.25, 0.3) is 5.91 Å². The number of nitrogens with zero attached hydrogens (tertiary/aromatic N) is 1. The largest absolute Gasteiger partial charge is 0.360 e. The van der Waals surface area contributed by atoms with Gasteiger partial charge in [0.05, 0.1) is 17.2 Å². The molecule has 4 heteroatoms. The molecule has 4 nitrogen and oxygen atoms in total. The Morgan fingerprint density at radius 1 is 1.15 bits per heavy atom. The van der Waals surface area contributed by atoms with Crippen LogP contribution in [0.5, 0.6) is 0 Å². The van der Waals surface area contributed by atoms with E-state index in [-0.39, 0.29) is 5.91 Å². The van der Waals surface area contributed by atoms with Gasteiger partial charge in [-0.25, -0.2) is 0 Å². The third-order valence-corrected chi connectivity index (χ3v) is 3.08. The first-order valence-electron chi connectivity index (χ1n) is 6.15. The summed E-state index contributed by atoms with van der Waals surface area (Å²) in [5.41, 5.74) is 2.63. The van der Waals surface area contributed by atoms with Crippen LogP contribution >= 0.6 is 0 Å². The third kappa shape index (κ3) is 2.13. The summed E-state index contributed by atoms with van der Waals surface area (Å²) in [4.78, 5) is 15.3. The first-order chi connectivity index (χ1) is 9.78. The Labute approximate surface area is 115 Å². The summed E-state index contributed by atoms with van der Waals surface area (Å²) < 4.78 is 0. The number of nitrogens with one attached hydrogen (secondary N) is 2. The molecule has 1 amide bonds. The molecule has 0 saturated heterocycles. The van der Waals surface area contributed by atoms with E-state index in [1.807, 2.05) is 30.3 Å². The van der Waals surface area contributed by atoms with Gasteiger partial charge in [-0.05, 0) is 24.3 Å². The zero-order valence-corrected chi connectivity index (χ0v) is 10.6. The van der Waals surface area contributed by atoms with Crippen LogP contribution in [0, 0.1) is 11.3 Å². The molecule has 96 valence electrons. The van der Waals surface area contributed by atoms with E-state index in [1.54, 1.807) is 30.5 Å². The third-order valence-electron chi connectivity index (χ3n) is 3.08. The summed E-state index contributed by atoms with van der Waals surface area (Å²) in [6, 6.07) is 16.5. The van der Waals surface area contributed by atoms with Crippen LogP contribution in [0.4, 0.5) is 5.69 Å². The lowest BCUT2D eigenvalue weighted by atomic mass is 10.1. The predicted molar refractivity (Wildman–Crippen MR) is 77.4 cm³/mol. The summed E-state index contributed by atoms with van der Waals surface area (Å²) in [7, 11) is 0. The number of hydrogen-bond donors (Lipinski definition) is 2. The molecule has 0 fully saturated rings. The monoisotopic (exact) mass is 261 g/mol. The van der Waals surface area contributed by atoms with Crippen LogP contribution in [-0.4, -0.2) is 10.9 Å². The van der Waals surface area contributed by atoms with Crippen LogP contribution in [-0.2, 0) is 0 Å². The fraction of sp³-hybridized carbons (Fsp3) is 0. The molecule has 2 N–H and O–H groups in total. The normalized spacial score (nSPS) is 10.2. The van der Waals surface area contributed by atoms with Gasteiger partial charge in [0.15, 0.2) is 0 Å². The van der Waals surface area contributed by atoms with Crippen molar-refractivity contribution in [2.45, 2.75) is 0 Å². The quantitative estimate of drug-likeness (QED) is 0.743. The van der Waals surface area contributed by atoms with Gasteiger partial charge in [0, 0.05) is 22.8 Å². The molecule has 0 aliphatic heterocycles. The molecule has 3 rings (SSSR count). The van der Waals surface area contributed by atoms with Gasteiger partial charge in [-0.3, -0.25) is 4.79 Å². The van der Waals surface area contributed by atoms with Crippen molar-refractivity contribution in [3.05, 3.63) is 65.9 Å². The number of carbonyl (C=O) groups excluding carboxylic acids is 1. The Bertz CT molecular complexity index is 827. The fourth-order valence-electron chi connectivity index (χ4n) is 2.12. The van der Waals surface area contributed by atoms with Gasteiger partial charge >= 0.3 is 0 Å². The minimum atomic E-state index is -0.197. The minimum absolute atomic E-state index is 0.197. The van der Waals surface area contributed by atoms with Crippen molar-refractivity contribution in [1.82, 2.24) is 4.98 Å². The number of rotatable bonds is 2. The van der Waals surface area contributed by atoms with Crippen molar-refractivity contribution in [2.24, 2.45) is 0 Å². The van der Waals surface area contributed by atoms with Gasteiger partial charge in [-0.1, -0.05) is 24.3 Å². The number of carbonyl (C=O) groups is 1. The van der Waals surface area contributed by atoms with E-state index in [1.165, 1.54) is 0 Å². The minimum Gasteiger partial charge on any atom is -0.360 e. The maximum absolute atomic E-state index is 12.3. The van der Waals surface area contributed by atoms with E-state index in [0.717, 1.165) is 10.9 Å². The fourth-order valence-corrected chi connectivity index (χ4v) is 2.12. The first kappa shape index (κ1) is 12.0. The number of nitriles is 1. The molecule has 1 aromatic heterocycles. The Morgan fingerprint density at radius 3 is 2.85 bits per heavy atom. The van der Waals surface area contributed by atoms with Gasteiger partial charge in [-0.15, -0.1) is 0 Å². The number of aromatic amines is 1. The second-order valence-corrected chi connectivity index (χ2v) is 4.39. The molecule has 0 unspecified atom stereocenters. The standard InChI is InChI=1S/C16H11N3O/c17-9-11-4-3-5-12(8-11)19-16(20)14-10-18-15-7-2-1-6-13(14)15/h1-8,10,18H,(H,19,20). The SMILES string of the molecule is N#Cc1cccc(NC(=O)c2c[nH]c3ccccc23)c1. The maximum atomic E-state index is 12.3. The van der Waals surface area contributed by atoms with Gasteiger partial charge in [0.2, 0.25) is 0 Å². The summed E-state index contributed by atoms with van der Waals surface area (Å²) in [6.07, 6.45) is 1.69. The van der Waals surface area contributed by atoms with Crippen molar-refractivity contribution in [3.63, 3.8) is 0 Å². The lowest BCUT2D eigenvalue weighted by molar-refractivity contribution is 0.102. The zero-order chi connectivity index (χ0) is 13.9. The zero-order valence-electron chi connectivity index (χ0n) is 10.6. The molecule has 1 heterocycles. The number of H-pyrrole nitrogens is 1. The second kappa shape index (κ2) is 4.90. The van der Waals surface area contributed by atoms with Crippen molar-refractivity contribution >= 4 is 22.5 Å². The van der Waals surface area contributed by atoms with Gasteiger partial charge < -0.3 is 10.3 Å². The molecular weight excluding hydrogens is 250 g/mol. The molecule has 0 saturated carbocycles. The highest BCUT2D eigenvalue weighted by Crippen LogP contribution is 2.19. The molecule has 3 aromatic rings. The number of para-hydroxylation sites is 1. The van der Waals surface area contributed by atoms with E-state index in [0.29, 0.717) is 16.8 Å². The molecule has 0 atom stereocenters. The number of fused-ring (bicyclic) bond motifs is 1. The van der Waals surface area contributed by atoms with Crippen molar-refractivity contribution in [3.8, 4) is 6.07 Å². The molecule has 2 aromatic carbocycles. The summed E-state index contributed by atoms with van der Waals surface area (Å²) >= 11 is 0. The number of benzene rings is 2. The van der Waals surface area contributed by atoms with Crippen LogP contribution in [0.3, 0.4) is 0 Å². The van der Waals surface area contributed by atoms with Crippen LogP contribution < -0.4 is 5.32 Å². The van der Waals surface area contributed by atoms with Crippen molar-refractivity contribution in [2.75, 3.05) is 5.32 Å². The predicted octanol–water partition coefficient (Wildman–Crippen LogP) is 3.29. The van der Waals surface area contributed by atoms with Crippen molar-refractivity contribution < 1.29 is 4.79 Å². The number of amides is 1. The summed E-state index contributed by atoms with van der Waals surface area (Å²) in [6.45, 7) is 0. The lowest BCUT2D eigenvalue weighted by Crippen LogP contribution is -2.11. The number of anilines is 1. The average molecular weight is 261 g/mol. The molecule has 0 bridgehead atoms. The van der Waals surface area contributed by atoms with Gasteiger partial charge in [-0.2, -0.15) is 5.26 Å². The molecule has 0 aliphatic carbocycles. The van der Waals surface area contributed by atoms with E-state index >= 15 is 0 Å². The highest BCUT2D eigenvalue weighted by Gasteiger charge is 2.11. The van der Waals surface area contributed by atoms with Gasteiger partial charge in [0.1, 0.15) is 0 Å². The topological polar surface area (TPSA) is 68.7 Å². The van der Waals surface area contributed by atoms with Crippen LogP contribution in [0.15, 0.2) is 54.7 Å². The smallest absolute Gasteiger partial charge is 0.257 e. The number of hydrogen-bond acceptors (Lipinski definition) is 2. The molecule has 0 spiro atoms. The molecule has 20 heavy (non-hydrogen) atoms. The Balaban J connectivity index is 1.91. The van der Waals surface area contributed by atoms with E-state index in [9.17, 15) is 4.79 Å². The summed E-state index contributed by atoms with van der Waals surface area (Å²) in [5, 5.41) is 12.5. The Morgan fingerprint density at radius 2 is 2.00 bits per heavy atom. The number of aromatic nitrogens is 1. The average Bonchev–Trinajstić information content (AvgIpc) is 2.91. The second-order valence-electron chi connectivity index (χ2n) is 4.39. The lowest BCUT2D eigenvalue weighted by Gasteiger charge is -2.04. The maximum Gasteiger partial charge on any atom is 0.257 e. The first-order valence-corrected chi connectivity index (χ1v) is 6.15. The van der Waals surface area contributed by atoms with Crippen LogP contribution in [0.2, 0.25) is 0 Å². The highest BCUT2D eigenvalue weighted by atomic mass is 16.1. The molecule has 0 aliphatic rings. The highest BCUT2D eigenvalue weighted by molar-refractivity contribution is 6.12. The summed E-state index contributed by atoms with van der Waals surface area (Å²) in [5.74, 6) is -0.197.